The zero-order valence-corrected chi connectivity index (χ0v) is 26.8. The third-order valence-corrected chi connectivity index (χ3v) is 13.0. The molecule has 0 unspecified atom stereocenters. The van der Waals surface area contributed by atoms with E-state index in [1.165, 1.54) is 43.0 Å². The van der Waals surface area contributed by atoms with Gasteiger partial charge >= 0.3 is 0 Å². The van der Waals surface area contributed by atoms with E-state index in [1.807, 2.05) is 0 Å². The Labute approximate surface area is 263 Å². The van der Waals surface area contributed by atoms with Crippen LogP contribution in [0.15, 0.2) is 158 Å². The number of hydrogen-bond donors (Lipinski definition) is 0. The summed E-state index contributed by atoms with van der Waals surface area (Å²) in [4.78, 5) is 0. The van der Waals surface area contributed by atoms with Crippen LogP contribution in [0, 0.1) is 0 Å². The molecule has 6 aromatic carbocycles. The lowest BCUT2D eigenvalue weighted by atomic mass is 9.76. The highest BCUT2D eigenvalue weighted by atomic mass is 35.5. The van der Waals surface area contributed by atoms with Gasteiger partial charge in [0.2, 0.25) is 0 Å². The van der Waals surface area contributed by atoms with Crippen LogP contribution in [0.1, 0.15) is 25.0 Å². The van der Waals surface area contributed by atoms with Gasteiger partial charge in [0.05, 0.1) is 0 Å². The molecule has 43 heavy (non-hydrogen) atoms. The maximum Gasteiger partial charge on any atom is 0.139 e. The van der Waals surface area contributed by atoms with Gasteiger partial charge < -0.3 is 4.74 Å². The van der Waals surface area contributed by atoms with Gasteiger partial charge in [0.15, 0.2) is 0 Å². The van der Waals surface area contributed by atoms with Crippen molar-refractivity contribution >= 4 is 60.1 Å². The molecule has 1 nitrogen and oxygen atoms in total. The van der Waals surface area contributed by atoms with Crippen LogP contribution in [0.2, 0.25) is 0 Å². The molecule has 0 spiro atoms. The van der Waals surface area contributed by atoms with Gasteiger partial charge in [-0.15, -0.1) is 12.4 Å². The average molecular weight is 615 g/mol. The van der Waals surface area contributed by atoms with Gasteiger partial charge in [-0.3, -0.25) is 0 Å². The molecule has 0 amide bonds. The monoisotopic (exact) mass is 614 g/mol. The molecule has 6 aromatic rings. The Morgan fingerprint density at radius 3 is 1.00 bits per heavy atom. The summed E-state index contributed by atoms with van der Waals surface area (Å²) in [6.45, 7) is 4.70. The molecule has 1 aliphatic rings. The molecule has 0 saturated heterocycles. The molecule has 212 valence electrons. The van der Waals surface area contributed by atoms with E-state index >= 15 is 0 Å². The molecule has 0 saturated carbocycles. The molecule has 0 fully saturated rings. The first kappa shape index (κ1) is 29.3. The Morgan fingerprint density at radius 1 is 0.395 bits per heavy atom. The lowest BCUT2D eigenvalue weighted by Crippen LogP contribution is -2.32. The molecule has 7 rings (SSSR count). The van der Waals surface area contributed by atoms with Crippen molar-refractivity contribution in [1.82, 2.24) is 0 Å². The van der Waals surface area contributed by atoms with Gasteiger partial charge in [-0.05, 0) is 37.1 Å². The number of fused-ring (bicyclic) bond motifs is 2. The highest BCUT2D eigenvalue weighted by Gasteiger charge is 2.39. The Hall–Kier alpha value is -3.73. The number of ether oxygens (including phenoxy) is 1. The second kappa shape index (κ2) is 12.5. The quantitative estimate of drug-likeness (QED) is 0.173. The van der Waals surface area contributed by atoms with Crippen molar-refractivity contribution in [3.63, 3.8) is 0 Å². The molecule has 4 heteroatoms. The van der Waals surface area contributed by atoms with E-state index in [0.717, 1.165) is 11.5 Å². The minimum absolute atomic E-state index is 0. The SMILES string of the molecule is CC1(C)c2cccc(P(c3ccccc3)c3ccccc3)c2Oc2c(P(c3ccccc3)c3ccccc3)cccc21.Cl. The molecule has 0 aromatic heterocycles. The Balaban J connectivity index is 0.00000329. The van der Waals surface area contributed by atoms with Crippen LogP contribution in [-0.2, 0) is 5.41 Å². The van der Waals surface area contributed by atoms with Gasteiger partial charge in [0.25, 0.3) is 0 Å². The van der Waals surface area contributed by atoms with Crippen molar-refractivity contribution in [3.8, 4) is 11.5 Å². The van der Waals surface area contributed by atoms with Gasteiger partial charge in [0, 0.05) is 27.2 Å². The zero-order chi connectivity index (χ0) is 28.5. The second-order valence-corrected chi connectivity index (χ2v) is 15.4. The van der Waals surface area contributed by atoms with E-state index in [1.54, 1.807) is 0 Å². The fraction of sp³-hybridized carbons (Fsp3) is 0.0769. The van der Waals surface area contributed by atoms with Gasteiger partial charge in [-0.1, -0.05) is 172 Å². The van der Waals surface area contributed by atoms with Crippen LogP contribution < -0.4 is 36.6 Å². The fourth-order valence-corrected chi connectivity index (χ4v) is 10.8. The molecule has 1 aliphatic heterocycles. The van der Waals surface area contributed by atoms with Crippen molar-refractivity contribution < 1.29 is 4.74 Å². The maximum absolute atomic E-state index is 7.26. The minimum atomic E-state index is -0.824. The Kier molecular flexibility index (Phi) is 8.52. The van der Waals surface area contributed by atoms with Crippen LogP contribution in [0.4, 0.5) is 0 Å². The van der Waals surface area contributed by atoms with Crippen molar-refractivity contribution in [2.75, 3.05) is 0 Å². The number of rotatable bonds is 6. The third-order valence-electron chi connectivity index (χ3n) is 8.08. The second-order valence-electron chi connectivity index (χ2n) is 11.0. The van der Waals surface area contributed by atoms with Gasteiger partial charge in [-0.2, -0.15) is 0 Å². The van der Waals surface area contributed by atoms with Crippen LogP contribution in [0.25, 0.3) is 0 Å². The number of hydrogen-bond acceptors (Lipinski definition) is 1. The van der Waals surface area contributed by atoms with Crippen molar-refractivity contribution in [3.05, 3.63) is 169 Å². The first-order chi connectivity index (χ1) is 20.6. The lowest BCUT2D eigenvalue weighted by Gasteiger charge is -2.38. The van der Waals surface area contributed by atoms with Crippen molar-refractivity contribution in [2.45, 2.75) is 19.3 Å². The zero-order valence-electron chi connectivity index (χ0n) is 24.2. The molecule has 0 radical (unpaired) electrons. The maximum atomic E-state index is 7.26. The third kappa shape index (κ3) is 5.43. The fourth-order valence-electron chi connectivity index (χ4n) is 6.01. The molecule has 1 heterocycles. The molecule has 0 atom stereocenters. The molecule has 0 N–H and O–H groups in total. The predicted octanol–water partition coefficient (Wildman–Crippen LogP) is 8.06. The summed E-state index contributed by atoms with van der Waals surface area (Å²) in [6, 6.07) is 57.2. The summed E-state index contributed by atoms with van der Waals surface area (Å²) in [6.07, 6.45) is 0. The lowest BCUT2D eigenvalue weighted by molar-refractivity contribution is 0.425. The minimum Gasteiger partial charge on any atom is -0.455 e. The van der Waals surface area contributed by atoms with E-state index in [9.17, 15) is 0 Å². The summed E-state index contributed by atoms with van der Waals surface area (Å²) in [5.74, 6) is 2.02. The summed E-state index contributed by atoms with van der Waals surface area (Å²) in [5, 5.41) is 7.81. The number of para-hydroxylation sites is 2. The molecular formula is C39H33ClOP2. The molecular weight excluding hydrogens is 582 g/mol. The Bertz CT molecular complexity index is 1610. The van der Waals surface area contributed by atoms with E-state index in [2.05, 4.69) is 172 Å². The highest BCUT2D eigenvalue weighted by Crippen LogP contribution is 2.52. The van der Waals surface area contributed by atoms with E-state index in [4.69, 9.17) is 4.74 Å². The van der Waals surface area contributed by atoms with Crippen molar-refractivity contribution in [2.24, 2.45) is 0 Å². The topological polar surface area (TPSA) is 9.23 Å². The predicted molar refractivity (Wildman–Crippen MR) is 190 cm³/mol. The molecule has 0 aliphatic carbocycles. The summed E-state index contributed by atoms with van der Waals surface area (Å²) >= 11 is 0. The largest absolute Gasteiger partial charge is 0.455 e. The normalized spacial score (nSPS) is 13.0. The standard InChI is InChI=1S/C39H32OP2.ClH/c1-39(2)33-25-15-27-35(41(29-17-7-3-8-18-29)30-19-9-4-10-20-30)37(33)40-38-34(39)26-16-28-36(38)42(31-21-11-5-12-22-31)32-23-13-6-14-24-32;/h3-28H,1-2H3;1H. The van der Waals surface area contributed by atoms with Crippen LogP contribution in [-0.4, -0.2) is 0 Å². The highest BCUT2D eigenvalue weighted by molar-refractivity contribution is 7.80. The number of halogens is 1. The molecule has 0 bridgehead atoms. The van der Waals surface area contributed by atoms with Crippen LogP contribution in [0.3, 0.4) is 0 Å². The van der Waals surface area contributed by atoms with E-state index in [-0.39, 0.29) is 17.8 Å². The van der Waals surface area contributed by atoms with Gasteiger partial charge in [0.1, 0.15) is 11.5 Å². The first-order valence-electron chi connectivity index (χ1n) is 14.4. The first-order valence-corrected chi connectivity index (χ1v) is 17.1. The summed E-state index contributed by atoms with van der Waals surface area (Å²) in [5.41, 5.74) is 2.26. The van der Waals surface area contributed by atoms with Crippen LogP contribution >= 0.6 is 28.3 Å². The number of benzene rings is 6. The Morgan fingerprint density at radius 2 is 0.698 bits per heavy atom. The van der Waals surface area contributed by atoms with Crippen LogP contribution in [0.5, 0.6) is 11.5 Å². The van der Waals surface area contributed by atoms with E-state index < -0.39 is 15.8 Å². The average Bonchev–Trinajstić information content (AvgIpc) is 3.04. The summed E-state index contributed by atoms with van der Waals surface area (Å²) < 4.78 is 7.26. The van der Waals surface area contributed by atoms with E-state index in [0.29, 0.717) is 0 Å². The smallest absolute Gasteiger partial charge is 0.139 e. The van der Waals surface area contributed by atoms with Crippen molar-refractivity contribution in [1.29, 1.82) is 0 Å². The summed E-state index contributed by atoms with van der Waals surface area (Å²) in [7, 11) is -1.65. The van der Waals surface area contributed by atoms with Gasteiger partial charge in [-0.25, -0.2) is 0 Å².